The summed E-state index contributed by atoms with van der Waals surface area (Å²) >= 11 is 0. The number of aromatic nitrogens is 1. The van der Waals surface area contributed by atoms with E-state index < -0.39 is 5.60 Å². The van der Waals surface area contributed by atoms with Gasteiger partial charge in [-0.1, -0.05) is 18.2 Å². The Labute approximate surface area is 167 Å². The number of piperazine rings is 1. The summed E-state index contributed by atoms with van der Waals surface area (Å²) in [4.78, 5) is 20.8. The highest BCUT2D eigenvalue weighted by atomic mass is 16.6. The van der Waals surface area contributed by atoms with Gasteiger partial charge in [0.15, 0.2) is 0 Å². The molecule has 150 valence electrons. The van der Waals surface area contributed by atoms with Crippen LogP contribution in [0.3, 0.4) is 0 Å². The van der Waals surface area contributed by atoms with E-state index in [9.17, 15) is 4.79 Å². The van der Waals surface area contributed by atoms with Gasteiger partial charge in [-0.15, -0.1) is 0 Å². The van der Waals surface area contributed by atoms with Gasteiger partial charge in [0.05, 0.1) is 13.2 Å². The summed E-state index contributed by atoms with van der Waals surface area (Å²) in [6, 6.07) is 12.3. The van der Waals surface area contributed by atoms with Crippen molar-refractivity contribution >= 4 is 6.09 Å². The van der Waals surface area contributed by atoms with Crippen molar-refractivity contribution in [1.82, 2.24) is 14.8 Å². The topological polar surface area (TPSA) is 54.9 Å². The average Bonchev–Trinajstić information content (AvgIpc) is 2.69. The monoisotopic (exact) mass is 383 g/mol. The minimum atomic E-state index is -0.477. The van der Waals surface area contributed by atoms with Gasteiger partial charge in [-0.05, 0) is 50.1 Å². The van der Waals surface area contributed by atoms with Crippen LogP contribution in [0, 0.1) is 0 Å². The van der Waals surface area contributed by atoms with Crippen molar-refractivity contribution in [3.63, 3.8) is 0 Å². The molecular formula is C22H29N3O3. The second-order valence-corrected chi connectivity index (χ2v) is 7.97. The zero-order valence-electron chi connectivity index (χ0n) is 17.1. The number of rotatable bonds is 4. The third-order valence-electron chi connectivity index (χ3n) is 4.76. The molecule has 1 aromatic heterocycles. The maximum Gasteiger partial charge on any atom is 0.410 e. The van der Waals surface area contributed by atoms with Crippen LogP contribution >= 0.6 is 0 Å². The molecule has 0 N–H and O–H groups in total. The standard InChI is InChI=1S/C22H29N3O3/c1-22(2,3)28-21(26)25-14-12-24(13-15-25)20(18-6-5-11-23-16-18)17-7-9-19(27-4)10-8-17/h5-11,16,20H,12-15H2,1-4H3. The molecule has 0 bridgehead atoms. The Hall–Kier alpha value is -2.60. The summed E-state index contributed by atoms with van der Waals surface area (Å²) in [5.41, 5.74) is 1.84. The maximum atomic E-state index is 12.4. The molecule has 1 unspecified atom stereocenters. The van der Waals surface area contributed by atoms with Gasteiger partial charge in [0.2, 0.25) is 0 Å². The largest absolute Gasteiger partial charge is 0.497 e. The SMILES string of the molecule is COc1ccc(C(c2cccnc2)N2CCN(C(=O)OC(C)(C)C)CC2)cc1. The van der Waals surface area contributed by atoms with Crippen LogP contribution in [0.2, 0.25) is 0 Å². The predicted molar refractivity (Wildman–Crippen MR) is 108 cm³/mol. The molecule has 1 aromatic carbocycles. The maximum absolute atomic E-state index is 12.4. The van der Waals surface area contributed by atoms with E-state index in [4.69, 9.17) is 9.47 Å². The Balaban J connectivity index is 1.76. The molecule has 1 aliphatic rings. The van der Waals surface area contributed by atoms with Crippen molar-refractivity contribution in [2.24, 2.45) is 0 Å². The first kappa shape index (κ1) is 20.1. The summed E-state index contributed by atoms with van der Waals surface area (Å²) in [5, 5.41) is 0. The number of nitrogens with zero attached hydrogens (tertiary/aromatic N) is 3. The minimum Gasteiger partial charge on any atom is -0.497 e. The molecule has 0 spiro atoms. The van der Waals surface area contributed by atoms with Crippen molar-refractivity contribution in [3.05, 3.63) is 59.9 Å². The average molecular weight is 383 g/mol. The number of ether oxygens (including phenoxy) is 2. The van der Waals surface area contributed by atoms with Crippen LogP contribution in [0.25, 0.3) is 0 Å². The highest BCUT2D eigenvalue weighted by Crippen LogP contribution is 2.30. The Bertz CT molecular complexity index is 764. The molecule has 0 saturated carbocycles. The first-order chi connectivity index (χ1) is 13.4. The Kier molecular flexibility index (Phi) is 6.19. The second-order valence-electron chi connectivity index (χ2n) is 7.97. The van der Waals surface area contributed by atoms with E-state index in [0.29, 0.717) is 13.1 Å². The van der Waals surface area contributed by atoms with Crippen LogP contribution in [-0.2, 0) is 4.74 Å². The molecule has 28 heavy (non-hydrogen) atoms. The Morgan fingerprint density at radius 2 is 1.71 bits per heavy atom. The van der Waals surface area contributed by atoms with E-state index in [1.165, 1.54) is 5.56 Å². The van der Waals surface area contributed by atoms with Gasteiger partial charge in [-0.25, -0.2) is 4.79 Å². The molecule has 2 aromatic rings. The lowest BCUT2D eigenvalue weighted by atomic mass is 9.97. The molecule has 0 aliphatic carbocycles. The van der Waals surface area contributed by atoms with Gasteiger partial charge in [0, 0.05) is 38.6 Å². The first-order valence-corrected chi connectivity index (χ1v) is 9.63. The Morgan fingerprint density at radius 3 is 2.25 bits per heavy atom. The van der Waals surface area contributed by atoms with Gasteiger partial charge in [0.25, 0.3) is 0 Å². The van der Waals surface area contributed by atoms with Crippen LogP contribution in [0.4, 0.5) is 4.79 Å². The third kappa shape index (κ3) is 5.01. The van der Waals surface area contributed by atoms with Crippen LogP contribution in [0.1, 0.15) is 37.9 Å². The lowest BCUT2D eigenvalue weighted by molar-refractivity contribution is 0.0119. The lowest BCUT2D eigenvalue weighted by Gasteiger charge is -2.39. The molecule has 1 fully saturated rings. The Morgan fingerprint density at radius 1 is 1.04 bits per heavy atom. The molecule has 3 rings (SSSR count). The van der Waals surface area contributed by atoms with E-state index in [1.54, 1.807) is 18.2 Å². The number of amides is 1. The first-order valence-electron chi connectivity index (χ1n) is 9.63. The number of benzene rings is 1. The lowest BCUT2D eigenvalue weighted by Crippen LogP contribution is -2.51. The third-order valence-corrected chi connectivity index (χ3v) is 4.76. The number of hydrogen-bond donors (Lipinski definition) is 0. The molecule has 1 amide bonds. The summed E-state index contributed by atoms with van der Waals surface area (Å²) in [7, 11) is 1.67. The molecule has 0 radical (unpaired) electrons. The number of hydrogen-bond acceptors (Lipinski definition) is 5. The predicted octanol–water partition coefficient (Wildman–Crippen LogP) is 3.73. The fourth-order valence-electron chi connectivity index (χ4n) is 3.43. The summed E-state index contributed by atoms with van der Waals surface area (Å²) in [5.74, 6) is 0.837. The van der Waals surface area contributed by atoms with Crippen LogP contribution < -0.4 is 4.74 Å². The van der Waals surface area contributed by atoms with Crippen molar-refractivity contribution in [1.29, 1.82) is 0 Å². The molecular weight excluding hydrogens is 354 g/mol. The number of carbonyl (C=O) groups excluding carboxylic acids is 1. The van der Waals surface area contributed by atoms with E-state index in [2.05, 4.69) is 28.1 Å². The molecule has 1 atom stereocenters. The van der Waals surface area contributed by atoms with Gasteiger partial charge in [-0.3, -0.25) is 9.88 Å². The quantitative estimate of drug-likeness (QED) is 0.805. The van der Waals surface area contributed by atoms with Crippen molar-refractivity contribution in [2.75, 3.05) is 33.3 Å². The van der Waals surface area contributed by atoms with Gasteiger partial charge >= 0.3 is 6.09 Å². The van der Waals surface area contributed by atoms with E-state index in [-0.39, 0.29) is 12.1 Å². The highest BCUT2D eigenvalue weighted by Gasteiger charge is 2.30. The zero-order valence-corrected chi connectivity index (χ0v) is 17.1. The van der Waals surface area contributed by atoms with Gasteiger partial charge in [0.1, 0.15) is 11.4 Å². The number of methoxy groups -OCH3 is 1. The summed E-state index contributed by atoms with van der Waals surface area (Å²) in [6.45, 7) is 8.50. The molecule has 2 heterocycles. The number of pyridine rings is 1. The molecule has 1 saturated heterocycles. The van der Waals surface area contributed by atoms with E-state index in [1.807, 2.05) is 45.2 Å². The van der Waals surface area contributed by atoms with Crippen LogP contribution in [0.5, 0.6) is 5.75 Å². The summed E-state index contributed by atoms with van der Waals surface area (Å²) < 4.78 is 10.8. The fraction of sp³-hybridized carbons (Fsp3) is 0.455. The van der Waals surface area contributed by atoms with Crippen molar-refractivity contribution in [2.45, 2.75) is 32.4 Å². The molecule has 1 aliphatic heterocycles. The highest BCUT2D eigenvalue weighted by molar-refractivity contribution is 5.68. The van der Waals surface area contributed by atoms with Crippen molar-refractivity contribution in [3.8, 4) is 5.75 Å². The zero-order chi connectivity index (χ0) is 20.1. The van der Waals surface area contributed by atoms with Crippen LogP contribution in [0.15, 0.2) is 48.8 Å². The van der Waals surface area contributed by atoms with E-state index in [0.717, 1.165) is 24.4 Å². The molecule has 6 nitrogen and oxygen atoms in total. The van der Waals surface area contributed by atoms with Gasteiger partial charge < -0.3 is 14.4 Å². The smallest absolute Gasteiger partial charge is 0.410 e. The van der Waals surface area contributed by atoms with Crippen molar-refractivity contribution < 1.29 is 14.3 Å². The minimum absolute atomic E-state index is 0.0837. The fourth-order valence-corrected chi connectivity index (χ4v) is 3.43. The number of carbonyl (C=O) groups is 1. The summed E-state index contributed by atoms with van der Waals surface area (Å²) in [6.07, 6.45) is 3.46. The normalized spacial score (nSPS) is 16.5. The van der Waals surface area contributed by atoms with Crippen LogP contribution in [-0.4, -0.2) is 59.8 Å². The second kappa shape index (κ2) is 8.61. The molecule has 6 heteroatoms. The van der Waals surface area contributed by atoms with E-state index >= 15 is 0 Å². The van der Waals surface area contributed by atoms with Gasteiger partial charge in [-0.2, -0.15) is 0 Å².